The third kappa shape index (κ3) is 4.92. The first-order chi connectivity index (χ1) is 14.0. The number of likely N-dealkylation sites (tertiary alicyclic amines) is 1. The second-order valence-electron chi connectivity index (χ2n) is 8.62. The van der Waals surface area contributed by atoms with Crippen molar-refractivity contribution in [2.24, 2.45) is 11.1 Å². The molecule has 0 aromatic heterocycles. The van der Waals surface area contributed by atoms with Gasteiger partial charge in [0.25, 0.3) is 0 Å². The van der Waals surface area contributed by atoms with E-state index in [2.05, 4.69) is 26.0 Å². The van der Waals surface area contributed by atoms with Crippen molar-refractivity contribution in [2.75, 3.05) is 32.8 Å². The highest BCUT2D eigenvalue weighted by Gasteiger charge is 2.44. The molecule has 0 saturated carbocycles. The summed E-state index contributed by atoms with van der Waals surface area (Å²) < 4.78 is 6.07. The van der Waals surface area contributed by atoms with Crippen LogP contribution in [0.1, 0.15) is 51.5 Å². The molecule has 6 heteroatoms. The summed E-state index contributed by atoms with van der Waals surface area (Å²) in [4.78, 5) is 29.5. The fourth-order valence-corrected chi connectivity index (χ4v) is 4.67. The van der Waals surface area contributed by atoms with Gasteiger partial charge < -0.3 is 20.3 Å². The minimum Gasteiger partial charge on any atom is -0.491 e. The molecule has 29 heavy (non-hydrogen) atoms. The van der Waals surface area contributed by atoms with Crippen LogP contribution in [0.3, 0.4) is 0 Å². The SMILES string of the molecule is CC(C)N1CCOc2ccccc2CCCCC2(CCN(C(=O)CN)CC2)C1=O. The summed E-state index contributed by atoms with van der Waals surface area (Å²) >= 11 is 0. The van der Waals surface area contributed by atoms with Gasteiger partial charge in [0.05, 0.1) is 18.5 Å². The second-order valence-corrected chi connectivity index (χ2v) is 8.62. The number of nitrogens with zero attached hydrogens (tertiary/aromatic N) is 2. The van der Waals surface area contributed by atoms with Gasteiger partial charge in [-0.15, -0.1) is 0 Å². The summed E-state index contributed by atoms with van der Waals surface area (Å²) in [5.74, 6) is 1.14. The van der Waals surface area contributed by atoms with Crippen molar-refractivity contribution in [3.05, 3.63) is 29.8 Å². The zero-order valence-electron chi connectivity index (χ0n) is 17.9. The van der Waals surface area contributed by atoms with Crippen LogP contribution in [0.4, 0.5) is 0 Å². The van der Waals surface area contributed by atoms with E-state index in [4.69, 9.17) is 10.5 Å². The number of fused-ring (bicyclic) bond motifs is 1. The zero-order chi connectivity index (χ0) is 20.9. The van der Waals surface area contributed by atoms with Gasteiger partial charge in [0.2, 0.25) is 11.8 Å². The Morgan fingerprint density at radius 2 is 1.86 bits per heavy atom. The first-order valence-corrected chi connectivity index (χ1v) is 11.0. The van der Waals surface area contributed by atoms with Gasteiger partial charge in [-0.2, -0.15) is 0 Å². The lowest BCUT2D eigenvalue weighted by Crippen LogP contribution is -2.54. The van der Waals surface area contributed by atoms with E-state index in [1.165, 1.54) is 5.56 Å². The van der Waals surface area contributed by atoms with Crippen LogP contribution in [-0.4, -0.2) is 60.4 Å². The highest BCUT2D eigenvalue weighted by Crippen LogP contribution is 2.39. The third-order valence-corrected chi connectivity index (χ3v) is 6.50. The average molecular weight is 402 g/mol. The number of ether oxygens (including phenoxy) is 1. The molecule has 2 aliphatic rings. The molecule has 0 radical (unpaired) electrons. The van der Waals surface area contributed by atoms with Crippen LogP contribution < -0.4 is 10.5 Å². The number of rotatable bonds is 2. The van der Waals surface area contributed by atoms with Gasteiger partial charge >= 0.3 is 0 Å². The molecule has 2 aliphatic heterocycles. The Morgan fingerprint density at radius 1 is 1.14 bits per heavy atom. The van der Waals surface area contributed by atoms with Crippen LogP contribution in [0, 0.1) is 5.41 Å². The number of benzene rings is 1. The van der Waals surface area contributed by atoms with E-state index >= 15 is 0 Å². The Kier molecular flexibility index (Phi) is 7.17. The van der Waals surface area contributed by atoms with Crippen molar-refractivity contribution in [1.29, 1.82) is 0 Å². The fourth-order valence-electron chi connectivity index (χ4n) is 4.67. The third-order valence-electron chi connectivity index (χ3n) is 6.50. The summed E-state index contributed by atoms with van der Waals surface area (Å²) in [6.45, 7) is 6.49. The zero-order valence-corrected chi connectivity index (χ0v) is 17.9. The van der Waals surface area contributed by atoms with Crippen molar-refractivity contribution < 1.29 is 14.3 Å². The molecule has 1 saturated heterocycles. The normalized spacial score (nSPS) is 20.6. The Labute approximate surface area is 174 Å². The van der Waals surface area contributed by atoms with Crippen LogP contribution in [-0.2, 0) is 16.0 Å². The summed E-state index contributed by atoms with van der Waals surface area (Å²) in [7, 11) is 0. The number of aryl methyl sites for hydroxylation is 1. The maximum absolute atomic E-state index is 13.7. The Morgan fingerprint density at radius 3 is 2.55 bits per heavy atom. The quantitative estimate of drug-likeness (QED) is 0.826. The Bertz CT molecular complexity index is 711. The van der Waals surface area contributed by atoms with E-state index in [9.17, 15) is 9.59 Å². The maximum Gasteiger partial charge on any atom is 0.236 e. The smallest absolute Gasteiger partial charge is 0.236 e. The first kappa shape index (κ1) is 21.6. The van der Waals surface area contributed by atoms with Gasteiger partial charge in [0.1, 0.15) is 12.4 Å². The van der Waals surface area contributed by atoms with Crippen molar-refractivity contribution in [3.63, 3.8) is 0 Å². The molecule has 0 unspecified atom stereocenters. The van der Waals surface area contributed by atoms with Gasteiger partial charge in [-0.05, 0) is 57.6 Å². The van der Waals surface area contributed by atoms with Crippen molar-refractivity contribution in [1.82, 2.24) is 9.80 Å². The number of para-hydroxylation sites is 1. The number of hydrogen-bond acceptors (Lipinski definition) is 4. The first-order valence-electron chi connectivity index (χ1n) is 11.0. The lowest BCUT2D eigenvalue weighted by atomic mass is 9.72. The van der Waals surface area contributed by atoms with Crippen molar-refractivity contribution >= 4 is 11.8 Å². The average Bonchev–Trinajstić information content (AvgIpc) is 2.73. The van der Waals surface area contributed by atoms with E-state index in [-0.39, 0.29) is 29.8 Å². The number of carbonyl (C=O) groups excluding carboxylic acids is 2. The minimum absolute atomic E-state index is 0.0221. The molecule has 2 heterocycles. The molecular weight excluding hydrogens is 366 g/mol. The predicted molar refractivity (Wildman–Crippen MR) is 114 cm³/mol. The molecule has 1 fully saturated rings. The predicted octanol–water partition coefficient (Wildman–Crippen LogP) is 2.60. The molecule has 0 bridgehead atoms. The number of piperidine rings is 1. The van der Waals surface area contributed by atoms with Crippen molar-refractivity contribution in [2.45, 2.75) is 58.4 Å². The number of carbonyl (C=O) groups is 2. The van der Waals surface area contributed by atoms with Crippen LogP contribution in [0.2, 0.25) is 0 Å². The van der Waals surface area contributed by atoms with Crippen LogP contribution in [0.25, 0.3) is 0 Å². The lowest BCUT2D eigenvalue weighted by Gasteiger charge is -2.44. The minimum atomic E-state index is -0.381. The van der Waals surface area contributed by atoms with Gasteiger partial charge in [0.15, 0.2) is 0 Å². The molecule has 1 spiro atoms. The Balaban J connectivity index is 1.80. The largest absolute Gasteiger partial charge is 0.491 e. The Hall–Kier alpha value is -2.08. The van der Waals surface area contributed by atoms with E-state index in [0.717, 1.165) is 44.3 Å². The molecule has 2 N–H and O–H groups in total. The van der Waals surface area contributed by atoms with Gasteiger partial charge in [0, 0.05) is 19.1 Å². The van der Waals surface area contributed by atoms with E-state index in [1.54, 1.807) is 0 Å². The molecular formula is C23H35N3O3. The number of nitrogens with two attached hydrogens (primary N) is 1. The summed E-state index contributed by atoms with van der Waals surface area (Å²) in [6, 6.07) is 8.34. The number of amides is 2. The van der Waals surface area contributed by atoms with E-state index < -0.39 is 0 Å². The topological polar surface area (TPSA) is 75.9 Å². The highest BCUT2D eigenvalue weighted by atomic mass is 16.5. The maximum atomic E-state index is 13.7. The molecule has 160 valence electrons. The van der Waals surface area contributed by atoms with E-state index in [0.29, 0.717) is 26.2 Å². The van der Waals surface area contributed by atoms with Crippen molar-refractivity contribution in [3.8, 4) is 5.75 Å². The lowest BCUT2D eigenvalue weighted by molar-refractivity contribution is -0.150. The summed E-state index contributed by atoms with van der Waals surface area (Å²) in [5, 5.41) is 0. The molecule has 0 aliphatic carbocycles. The fraction of sp³-hybridized carbons (Fsp3) is 0.652. The molecule has 1 aromatic rings. The highest BCUT2D eigenvalue weighted by molar-refractivity contribution is 5.84. The van der Waals surface area contributed by atoms with Gasteiger partial charge in [-0.1, -0.05) is 24.6 Å². The van der Waals surface area contributed by atoms with Gasteiger partial charge in [-0.3, -0.25) is 9.59 Å². The van der Waals surface area contributed by atoms with E-state index in [1.807, 2.05) is 21.9 Å². The molecule has 1 aromatic carbocycles. The van der Waals surface area contributed by atoms with Gasteiger partial charge in [-0.25, -0.2) is 0 Å². The molecule has 2 amide bonds. The van der Waals surface area contributed by atoms with Crippen LogP contribution in [0.5, 0.6) is 5.75 Å². The monoisotopic (exact) mass is 401 g/mol. The molecule has 3 rings (SSSR count). The standard InChI is InChI=1S/C23H35N3O3/c1-18(2)26-15-16-29-20-9-4-3-7-19(20)8-5-6-10-23(22(26)28)11-13-25(14-12-23)21(27)17-24/h3-4,7,9,18H,5-6,8,10-17,24H2,1-2H3. The second kappa shape index (κ2) is 9.61. The van der Waals surface area contributed by atoms with Crippen LogP contribution in [0.15, 0.2) is 24.3 Å². The molecule has 0 atom stereocenters. The summed E-state index contributed by atoms with van der Waals surface area (Å²) in [6.07, 6.45) is 5.31. The molecule has 6 nitrogen and oxygen atoms in total. The summed E-state index contributed by atoms with van der Waals surface area (Å²) in [5.41, 5.74) is 6.40. The number of hydrogen-bond donors (Lipinski definition) is 1. The van der Waals surface area contributed by atoms with Crippen LogP contribution >= 0.6 is 0 Å².